The highest BCUT2D eigenvalue weighted by Crippen LogP contribution is 2.36. The van der Waals surface area contributed by atoms with Crippen molar-refractivity contribution >= 4 is 17.7 Å². The number of ether oxygens (including phenoxy) is 5. The molecule has 8 nitrogen and oxygen atoms in total. The van der Waals surface area contributed by atoms with Crippen molar-refractivity contribution in [1.82, 2.24) is 0 Å². The Morgan fingerprint density at radius 2 is 2.10 bits per heavy atom. The zero-order chi connectivity index (χ0) is 21.1. The zero-order valence-corrected chi connectivity index (χ0v) is 16.8. The smallest absolute Gasteiger partial charge is 0.415 e. The van der Waals surface area contributed by atoms with Crippen LogP contribution in [0.4, 0.5) is 10.5 Å². The number of hydrogen-bond donors (Lipinski definition) is 0. The Morgan fingerprint density at radius 3 is 2.83 bits per heavy atom. The Kier molecular flexibility index (Phi) is 9.20. The lowest BCUT2D eigenvalue weighted by atomic mass is 10.1. The van der Waals surface area contributed by atoms with Crippen LogP contribution in [0, 0.1) is 0 Å². The molecule has 0 N–H and O–H groups in total. The molecule has 0 aliphatic carbocycles. The summed E-state index contributed by atoms with van der Waals surface area (Å²) < 4.78 is 25.9. The summed E-state index contributed by atoms with van der Waals surface area (Å²) in [6.07, 6.45) is 4.46. The fourth-order valence-corrected chi connectivity index (χ4v) is 2.82. The van der Waals surface area contributed by atoms with Gasteiger partial charge in [-0.2, -0.15) is 0 Å². The Bertz CT molecular complexity index is 732. The van der Waals surface area contributed by atoms with Crippen LogP contribution in [0.5, 0.6) is 5.75 Å². The molecule has 0 saturated carbocycles. The average Bonchev–Trinajstić information content (AvgIpc) is 3.08. The average molecular weight is 405 g/mol. The second-order valence-electron chi connectivity index (χ2n) is 6.07. The molecule has 0 fully saturated rings. The highest BCUT2D eigenvalue weighted by molar-refractivity contribution is 5.92. The van der Waals surface area contributed by atoms with Gasteiger partial charge in [-0.05, 0) is 37.1 Å². The summed E-state index contributed by atoms with van der Waals surface area (Å²) in [5.41, 5.74) is 1.60. The van der Waals surface area contributed by atoms with E-state index in [4.69, 9.17) is 23.7 Å². The summed E-state index contributed by atoms with van der Waals surface area (Å²) in [6, 6.07) is 5.01. The molecule has 1 heterocycles. The number of esters is 1. The number of nitrogens with zero attached hydrogens (tertiary/aromatic N) is 1. The van der Waals surface area contributed by atoms with E-state index in [9.17, 15) is 9.59 Å². The first-order valence-electron chi connectivity index (χ1n) is 9.35. The third-order valence-corrected chi connectivity index (χ3v) is 4.07. The fourth-order valence-electron chi connectivity index (χ4n) is 2.82. The number of rotatable bonds is 11. The molecule has 0 saturated heterocycles. The number of benzene rings is 1. The zero-order valence-electron chi connectivity index (χ0n) is 16.8. The van der Waals surface area contributed by atoms with Gasteiger partial charge in [-0.15, -0.1) is 0 Å². The molecular formula is C21H27NO7. The van der Waals surface area contributed by atoms with Crippen molar-refractivity contribution < 1.29 is 33.3 Å². The molecule has 8 heteroatoms. The summed E-state index contributed by atoms with van der Waals surface area (Å²) in [5.74, 6) is 0.163. The summed E-state index contributed by atoms with van der Waals surface area (Å²) in [7, 11) is 1.60. The fraction of sp³-hybridized carbons (Fsp3) is 0.429. The maximum atomic E-state index is 12.5. The van der Waals surface area contributed by atoms with Crippen molar-refractivity contribution in [2.24, 2.45) is 0 Å². The van der Waals surface area contributed by atoms with Crippen molar-refractivity contribution in [3.8, 4) is 5.75 Å². The lowest BCUT2D eigenvalue weighted by Crippen LogP contribution is -2.37. The predicted molar refractivity (Wildman–Crippen MR) is 107 cm³/mol. The normalized spacial score (nSPS) is 15.2. The van der Waals surface area contributed by atoms with E-state index in [2.05, 4.69) is 6.58 Å². The monoisotopic (exact) mass is 405 g/mol. The Labute approximate surface area is 170 Å². The van der Waals surface area contributed by atoms with Gasteiger partial charge in [-0.3, -0.25) is 4.90 Å². The first kappa shape index (κ1) is 22.4. The highest BCUT2D eigenvalue weighted by atomic mass is 16.7. The molecule has 1 aromatic carbocycles. The molecule has 0 aromatic heterocycles. The Hall–Kier alpha value is -2.84. The molecular weight excluding hydrogens is 378 g/mol. The molecule has 1 aromatic rings. The largest absolute Gasteiger partial charge is 0.468 e. The van der Waals surface area contributed by atoms with E-state index in [0.717, 1.165) is 5.56 Å². The molecule has 0 spiro atoms. The second-order valence-corrected chi connectivity index (χ2v) is 6.07. The van der Waals surface area contributed by atoms with Gasteiger partial charge in [0.2, 0.25) is 0 Å². The minimum absolute atomic E-state index is 0.0962. The third kappa shape index (κ3) is 6.62. The molecule has 1 atom stereocenters. The van der Waals surface area contributed by atoms with Gasteiger partial charge >= 0.3 is 12.1 Å². The van der Waals surface area contributed by atoms with Crippen molar-refractivity contribution in [2.45, 2.75) is 19.4 Å². The topological polar surface area (TPSA) is 83.5 Å². The van der Waals surface area contributed by atoms with Gasteiger partial charge in [0.1, 0.15) is 12.4 Å². The Balaban J connectivity index is 2.12. The van der Waals surface area contributed by atoms with E-state index in [1.807, 2.05) is 6.07 Å². The molecule has 1 aliphatic heterocycles. The minimum atomic E-state index is -0.515. The van der Waals surface area contributed by atoms with Crippen molar-refractivity contribution in [3.05, 3.63) is 48.6 Å². The highest BCUT2D eigenvalue weighted by Gasteiger charge is 2.33. The van der Waals surface area contributed by atoms with E-state index in [1.54, 1.807) is 32.2 Å². The van der Waals surface area contributed by atoms with Gasteiger partial charge in [0.25, 0.3) is 0 Å². The number of amides is 1. The van der Waals surface area contributed by atoms with Crippen LogP contribution in [-0.4, -0.2) is 58.4 Å². The number of hydrogen-bond acceptors (Lipinski definition) is 7. The molecule has 0 radical (unpaired) electrons. The molecule has 29 heavy (non-hydrogen) atoms. The third-order valence-electron chi connectivity index (χ3n) is 4.07. The van der Waals surface area contributed by atoms with Gasteiger partial charge in [-0.1, -0.05) is 18.7 Å². The van der Waals surface area contributed by atoms with E-state index < -0.39 is 12.1 Å². The number of carbonyl (C=O) groups excluding carboxylic acids is 2. The summed E-state index contributed by atoms with van der Waals surface area (Å²) >= 11 is 0. The van der Waals surface area contributed by atoms with E-state index in [1.165, 1.54) is 17.1 Å². The van der Waals surface area contributed by atoms with Crippen LogP contribution in [0.2, 0.25) is 0 Å². The van der Waals surface area contributed by atoms with Crippen LogP contribution in [0.15, 0.2) is 43.0 Å². The van der Waals surface area contributed by atoms with Crippen molar-refractivity contribution in [1.29, 1.82) is 0 Å². The number of methoxy groups -OCH3 is 1. The van der Waals surface area contributed by atoms with Gasteiger partial charge in [0.15, 0.2) is 6.79 Å². The lowest BCUT2D eigenvalue weighted by molar-refractivity contribution is -0.137. The van der Waals surface area contributed by atoms with Gasteiger partial charge in [0, 0.05) is 13.2 Å². The summed E-state index contributed by atoms with van der Waals surface area (Å²) in [5, 5.41) is 0. The molecule has 0 unspecified atom stereocenters. The second kappa shape index (κ2) is 11.9. The van der Waals surface area contributed by atoms with Gasteiger partial charge in [0.05, 0.1) is 31.5 Å². The predicted octanol–water partition coefficient (Wildman–Crippen LogP) is 2.86. The van der Waals surface area contributed by atoms with Crippen LogP contribution < -0.4 is 9.64 Å². The standard InChI is InChI=1S/C21H27NO7/c1-4-10-28-21(24)22-17(6-9-20(23)27-5-2)13-16-14-18(7-8-19(16)22)29-15-26-12-11-25-3/h4,6-9,14,17H,1,5,10-13,15H2,2-3H3/t17-/m1/s1. The van der Waals surface area contributed by atoms with Crippen LogP contribution >= 0.6 is 0 Å². The lowest BCUT2D eigenvalue weighted by Gasteiger charge is -2.22. The van der Waals surface area contributed by atoms with Gasteiger partial charge in [-0.25, -0.2) is 9.59 Å². The SMILES string of the molecule is C=CCOC(=O)N1c2ccc(OCOCCOC)cc2C[C@H]1C=CC(=O)OCC. The van der Waals surface area contributed by atoms with Crippen LogP contribution in [-0.2, 0) is 30.2 Å². The number of carbonyl (C=O) groups is 2. The summed E-state index contributed by atoms with van der Waals surface area (Å²) in [6.45, 7) is 6.69. The molecule has 2 rings (SSSR count). The van der Waals surface area contributed by atoms with Crippen molar-refractivity contribution in [2.75, 3.05) is 45.2 Å². The van der Waals surface area contributed by atoms with Crippen LogP contribution in [0.3, 0.4) is 0 Å². The Morgan fingerprint density at radius 1 is 1.28 bits per heavy atom. The first-order valence-corrected chi connectivity index (χ1v) is 9.35. The van der Waals surface area contributed by atoms with E-state index in [0.29, 0.717) is 31.1 Å². The number of fused-ring (bicyclic) bond motifs is 1. The molecule has 0 bridgehead atoms. The van der Waals surface area contributed by atoms with Crippen LogP contribution in [0.1, 0.15) is 12.5 Å². The summed E-state index contributed by atoms with van der Waals surface area (Å²) in [4.78, 5) is 25.7. The maximum absolute atomic E-state index is 12.5. The molecule has 1 aliphatic rings. The molecule has 1 amide bonds. The van der Waals surface area contributed by atoms with E-state index in [-0.39, 0.29) is 26.0 Å². The molecule has 158 valence electrons. The number of anilines is 1. The van der Waals surface area contributed by atoms with Crippen molar-refractivity contribution in [3.63, 3.8) is 0 Å². The first-order chi connectivity index (χ1) is 14.1. The quantitative estimate of drug-likeness (QED) is 0.184. The van der Waals surface area contributed by atoms with Crippen LogP contribution in [0.25, 0.3) is 0 Å². The minimum Gasteiger partial charge on any atom is -0.468 e. The maximum Gasteiger partial charge on any atom is 0.415 e. The van der Waals surface area contributed by atoms with Gasteiger partial charge < -0.3 is 23.7 Å². The van der Waals surface area contributed by atoms with E-state index >= 15 is 0 Å².